The fourth-order valence-electron chi connectivity index (χ4n) is 1.49. The molecule has 0 spiro atoms. The zero-order valence-corrected chi connectivity index (χ0v) is 11.0. The van der Waals surface area contributed by atoms with E-state index in [2.05, 4.69) is 15.9 Å². The summed E-state index contributed by atoms with van der Waals surface area (Å²) in [6.45, 7) is 0. The lowest BCUT2D eigenvalue weighted by atomic mass is 10.1. The molecule has 18 heavy (non-hydrogen) atoms. The molecule has 2 aromatic carbocycles. The van der Waals surface area contributed by atoms with Crippen molar-refractivity contribution in [1.29, 1.82) is 0 Å². The van der Waals surface area contributed by atoms with Gasteiger partial charge in [-0.15, -0.1) is 0 Å². The number of hydrogen-bond donors (Lipinski definition) is 0. The molecule has 0 unspecified atom stereocenters. The summed E-state index contributed by atoms with van der Waals surface area (Å²) in [6.07, 6.45) is 3.05. The van der Waals surface area contributed by atoms with E-state index in [1.54, 1.807) is 30.3 Å². The Bertz CT molecular complexity index is 588. The lowest BCUT2D eigenvalue weighted by Gasteiger charge is -1.96. The lowest BCUT2D eigenvalue weighted by molar-refractivity contribution is 0.104. The van der Waals surface area contributed by atoms with Crippen LogP contribution in [0.2, 0.25) is 0 Å². The van der Waals surface area contributed by atoms with Crippen molar-refractivity contribution in [2.45, 2.75) is 0 Å². The average molecular weight is 305 g/mol. The van der Waals surface area contributed by atoms with Crippen LogP contribution in [0.15, 0.2) is 59.1 Å². The minimum atomic E-state index is -0.312. The van der Waals surface area contributed by atoms with Gasteiger partial charge in [0, 0.05) is 10.0 Å². The van der Waals surface area contributed by atoms with Gasteiger partial charge >= 0.3 is 0 Å². The summed E-state index contributed by atoms with van der Waals surface area (Å²) >= 11 is 3.31. The topological polar surface area (TPSA) is 17.1 Å². The fourth-order valence-corrected chi connectivity index (χ4v) is 1.76. The number of halogens is 2. The molecule has 0 heterocycles. The average Bonchev–Trinajstić information content (AvgIpc) is 2.37. The van der Waals surface area contributed by atoms with Crippen molar-refractivity contribution < 1.29 is 9.18 Å². The van der Waals surface area contributed by atoms with Gasteiger partial charge in [-0.25, -0.2) is 4.39 Å². The summed E-state index contributed by atoms with van der Waals surface area (Å²) in [6, 6.07) is 13.2. The van der Waals surface area contributed by atoms with Crippen LogP contribution in [0.4, 0.5) is 4.39 Å². The van der Waals surface area contributed by atoms with Crippen LogP contribution in [0.5, 0.6) is 0 Å². The number of ketones is 1. The predicted octanol–water partition coefficient (Wildman–Crippen LogP) is 4.48. The monoisotopic (exact) mass is 304 g/mol. The van der Waals surface area contributed by atoms with Crippen LogP contribution in [-0.4, -0.2) is 5.78 Å². The molecule has 0 aliphatic rings. The summed E-state index contributed by atoms with van der Waals surface area (Å²) in [5.74, 6) is -0.417. The van der Waals surface area contributed by atoms with E-state index < -0.39 is 0 Å². The third-order valence-electron chi connectivity index (χ3n) is 2.40. The molecule has 0 saturated carbocycles. The number of hydrogen-bond acceptors (Lipinski definition) is 1. The minimum absolute atomic E-state index is 0.105. The Morgan fingerprint density at radius 1 is 1.11 bits per heavy atom. The van der Waals surface area contributed by atoms with E-state index in [1.807, 2.05) is 12.1 Å². The van der Waals surface area contributed by atoms with Crippen molar-refractivity contribution in [1.82, 2.24) is 0 Å². The van der Waals surface area contributed by atoms with E-state index in [4.69, 9.17) is 0 Å². The first kappa shape index (κ1) is 12.7. The molecule has 3 heteroatoms. The molecule has 90 valence electrons. The number of rotatable bonds is 3. The zero-order chi connectivity index (χ0) is 13.0. The highest BCUT2D eigenvalue weighted by molar-refractivity contribution is 9.10. The molecule has 0 bridgehead atoms. The largest absolute Gasteiger partial charge is 0.289 e. The van der Waals surface area contributed by atoms with Gasteiger partial charge < -0.3 is 0 Å². The summed E-state index contributed by atoms with van der Waals surface area (Å²) in [4.78, 5) is 11.8. The number of benzene rings is 2. The van der Waals surface area contributed by atoms with Crippen molar-refractivity contribution >= 4 is 27.8 Å². The highest BCUT2D eigenvalue weighted by Crippen LogP contribution is 2.12. The zero-order valence-electron chi connectivity index (χ0n) is 9.44. The van der Waals surface area contributed by atoms with Gasteiger partial charge in [0.05, 0.1) is 0 Å². The van der Waals surface area contributed by atoms with E-state index in [0.29, 0.717) is 11.1 Å². The molecule has 1 nitrogen and oxygen atoms in total. The minimum Gasteiger partial charge on any atom is -0.289 e. The molecule has 0 radical (unpaired) electrons. The molecular formula is C15H10BrFO. The quantitative estimate of drug-likeness (QED) is 0.603. The standard InChI is InChI=1S/C15H10BrFO/c16-13-7-5-12(6-8-13)15(18)9-4-11-2-1-3-14(17)10-11/h1-10H/b9-4+. The number of allylic oxidation sites excluding steroid dienone is 1. The second-order valence-corrected chi connectivity index (χ2v) is 4.68. The molecule has 2 rings (SSSR count). The fraction of sp³-hybridized carbons (Fsp3) is 0. The highest BCUT2D eigenvalue weighted by atomic mass is 79.9. The van der Waals surface area contributed by atoms with Gasteiger partial charge in [0.2, 0.25) is 0 Å². The van der Waals surface area contributed by atoms with Gasteiger partial charge in [-0.2, -0.15) is 0 Å². The third kappa shape index (κ3) is 3.37. The Labute approximate surface area is 113 Å². The number of carbonyl (C=O) groups excluding carboxylic acids is 1. The van der Waals surface area contributed by atoms with Crippen molar-refractivity contribution in [2.24, 2.45) is 0 Å². The first-order valence-electron chi connectivity index (χ1n) is 5.39. The van der Waals surface area contributed by atoms with Crippen LogP contribution in [-0.2, 0) is 0 Å². The maximum absolute atomic E-state index is 12.9. The normalized spacial score (nSPS) is 10.8. The smallest absolute Gasteiger partial charge is 0.185 e. The molecule has 0 aromatic heterocycles. The molecule has 0 atom stereocenters. The van der Waals surface area contributed by atoms with Crippen molar-refractivity contribution in [3.05, 3.63) is 76.0 Å². The van der Waals surface area contributed by atoms with Gasteiger partial charge in [-0.1, -0.05) is 34.1 Å². The van der Waals surface area contributed by atoms with Gasteiger partial charge in [-0.05, 0) is 48.0 Å². The summed E-state index contributed by atoms with van der Waals surface area (Å²) in [7, 11) is 0. The lowest BCUT2D eigenvalue weighted by Crippen LogP contribution is -1.93. The van der Waals surface area contributed by atoms with Crippen LogP contribution in [0.25, 0.3) is 6.08 Å². The molecule has 0 aliphatic heterocycles. The Kier molecular flexibility index (Phi) is 4.05. The maximum Gasteiger partial charge on any atom is 0.185 e. The Balaban J connectivity index is 2.14. The molecule has 0 N–H and O–H groups in total. The SMILES string of the molecule is O=C(/C=C/c1cccc(F)c1)c1ccc(Br)cc1. The molecule has 0 aliphatic carbocycles. The summed E-state index contributed by atoms with van der Waals surface area (Å²) < 4.78 is 13.9. The van der Waals surface area contributed by atoms with Crippen LogP contribution >= 0.6 is 15.9 Å². The van der Waals surface area contributed by atoms with Gasteiger partial charge in [0.1, 0.15) is 5.82 Å². The number of carbonyl (C=O) groups is 1. The van der Waals surface area contributed by atoms with E-state index >= 15 is 0 Å². The van der Waals surface area contributed by atoms with Crippen LogP contribution in [0, 0.1) is 5.82 Å². The van der Waals surface area contributed by atoms with Crippen molar-refractivity contribution in [3.63, 3.8) is 0 Å². The van der Waals surface area contributed by atoms with Crippen molar-refractivity contribution in [2.75, 3.05) is 0 Å². The molecule has 2 aromatic rings. The first-order valence-corrected chi connectivity index (χ1v) is 6.18. The molecular weight excluding hydrogens is 295 g/mol. The Hall–Kier alpha value is -1.74. The predicted molar refractivity (Wildman–Crippen MR) is 73.9 cm³/mol. The summed E-state index contributed by atoms with van der Waals surface area (Å²) in [5.41, 5.74) is 1.27. The molecule has 0 fully saturated rings. The summed E-state index contributed by atoms with van der Waals surface area (Å²) in [5, 5.41) is 0. The van der Waals surface area contributed by atoms with Gasteiger partial charge in [-0.3, -0.25) is 4.79 Å². The molecule has 0 saturated heterocycles. The third-order valence-corrected chi connectivity index (χ3v) is 2.93. The second kappa shape index (κ2) is 5.74. The molecule has 0 amide bonds. The first-order chi connectivity index (χ1) is 8.65. The van der Waals surface area contributed by atoms with Crippen LogP contribution in [0.1, 0.15) is 15.9 Å². The maximum atomic E-state index is 12.9. The van der Waals surface area contributed by atoms with E-state index in [9.17, 15) is 9.18 Å². The van der Waals surface area contributed by atoms with E-state index in [-0.39, 0.29) is 11.6 Å². The highest BCUT2D eigenvalue weighted by Gasteiger charge is 2.00. The van der Waals surface area contributed by atoms with Gasteiger partial charge in [0.25, 0.3) is 0 Å². The van der Waals surface area contributed by atoms with Crippen LogP contribution < -0.4 is 0 Å². The van der Waals surface area contributed by atoms with E-state index in [1.165, 1.54) is 18.2 Å². The second-order valence-electron chi connectivity index (χ2n) is 3.76. The van der Waals surface area contributed by atoms with Crippen molar-refractivity contribution in [3.8, 4) is 0 Å². The van der Waals surface area contributed by atoms with E-state index in [0.717, 1.165) is 4.47 Å². The Morgan fingerprint density at radius 2 is 1.83 bits per heavy atom. The Morgan fingerprint density at radius 3 is 2.50 bits per heavy atom. The van der Waals surface area contributed by atoms with Gasteiger partial charge in [0.15, 0.2) is 5.78 Å². The van der Waals surface area contributed by atoms with Crippen LogP contribution in [0.3, 0.4) is 0 Å².